The van der Waals surface area contributed by atoms with Crippen LogP contribution in [0.25, 0.3) is 33.5 Å². The topological polar surface area (TPSA) is 91.6 Å². The molecule has 0 saturated carbocycles. The van der Waals surface area contributed by atoms with Gasteiger partial charge in [0.05, 0.1) is 33.7 Å². The second-order valence-electron chi connectivity index (χ2n) is 12.8. The van der Waals surface area contributed by atoms with Crippen LogP contribution in [-0.2, 0) is 22.7 Å². The van der Waals surface area contributed by atoms with Crippen molar-refractivity contribution in [3.63, 3.8) is 0 Å². The molecule has 0 aliphatic rings. The predicted octanol–water partition coefficient (Wildman–Crippen LogP) is 8.23. The number of aromatic nitrogens is 4. The Hall–Kier alpha value is -3.68. The Balaban J connectivity index is 1.76. The number of rotatable bonds is 11. The molecule has 0 radical (unpaired) electrons. The lowest BCUT2D eigenvalue weighted by molar-refractivity contribution is -0.0496. The number of carbonyl (C=O) groups is 1. The van der Waals surface area contributed by atoms with E-state index in [1.807, 2.05) is 0 Å². The largest absolute Gasteiger partial charge is 0.444 e. The Morgan fingerprint density at radius 3 is 2.42 bits per heavy atom. The van der Waals surface area contributed by atoms with Gasteiger partial charge in [0.1, 0.15) is 29.6 Å². The van der Waals surface area contributed by atoms with Crippen molar-refractivity contribution in [2.75, 3.05) is 13.7 Å². The highest BCUT2D eigenvalue weighted by molar-refractivity contribution is 6.76. The Kier molecular flexibility index (Phi) is 10.5. The van der Waals surface area contributed by atoms with Gasteiger partial charge in [-0.25, -0.2) is 13.9 Å². The molecule has 0 atom stereocenters. The highest BCUT2D eigenvalue weighted by Gasteiger charge is 2.24. The van der Waals surface area contributed by atoms with E-state index in [1.165, 1.54) is 30.4 Å². The van der Waals surface area contributed by atoms with E-state index in [0.29, 0.717) is 33.9 Å². The van der Waals surface area contributed by atoms with Crippen LogP contribution in [0, 0.1) is 5.82 Å². The number of nitrogens with zero attached hydrogens (tertiary/aromatic N) is 5. The predicted molar refractivity (Wildman–Crippen MR) is 170 cm³/mol. The van der Waals surface area contributed by atoms with Gasteiger partial charge in [0.25, 0.3) is 0 Å². The standard InChI is InChI=1S/C31H37ClF3N5O4Si/c1-31(2,3)44-30(41)39(4)17-19-12-22(33)27(26(13-19)43-29(34)35)24-14-21-25(16-37-24)40(18-42-10-11-45(5,6)7)38-28(21)23-9-8-20(32)15-36-23/h8-9,12-16,29H,10-11,17-18H2,1-7H3. The number of pyridine rings is 2. The fourth-order valence-electron chi connectivity index (χ4n) is 4.38. The van der Waals surface area contributed by atoms with E-state index in [2.05, 4.69) is 29.6 Å². The van der Waals surface area contributed by atoms with Gasteiger partial charge < -0.3 is 19.1 Å². The molecule has 0 spiro atoms. The summed E-state index contributed by atoms with van der Waals surface area (Å²) in [5, 5.41) is 5.68. The summed E-state index contributed by atoms with van der Waals surface area (Å²) in [6.45, 7) is 9.26. The number of ether oxygens (including phenoxy) is 3. The molecular weight excluding hydrogens is 627 g/mol. The minimum atomic E-state index is -3.24. The second-order valence-corrected chi connectivity index (χ2v) is 18.9. The lowest BCUT2D eigenvalue weighted by Gasteiger charge is -2.25. The van der Waals surface area contributed by atoms with Crippen molar-refractivity contribution < 1.29 is 32.2 Å². The van der Waals surface area contributed by atoms with Crippen molar-refractivity contribution in [3.05, 3.63) is 59.1 Å². The maximum atomic E-state index is 15.8. The molecular formula is C31H37ClF3N5O4Si. The summed E-state index contributed by atoms with van der Waals surface area (Å²) < 4.78 is 60.6. The fraction of sp³-hybridized carbons (Fsp3) is 0.419. The van der Waals surface area contributed by atoms with Crippen LogP contribution in [0.5, 0.6) is 5.75 Å². The van der Waals surface area contributed by atoms with Crippen LogP contribution >= 0.6 is 11.6 Å². The maximum Gasteiger partial charge on any atom is 0.410 e. The zero-order chi connectivity index (χ0) is 33.1. The smallest absolute Gasteiger partial charge is 0.410 e. The number of carbonyl (C=O) groups excluding carboxylic acids is 1. The van der Waals surface area contributed by atoms with Gasteiger partial charge in [0.15, 0.2) is 0 Å². The summed E-state index contributed by atoms with van der Waals surface area (Å²) in [6, 6.07) is 8.30. The summed E-state index contributed by atoms with van der Waals surface area (Å²) in [5.74, 6) is -1.29. The van der Waals surface area contributed by atoms with Crippen molar-refractivity contribution >= 4 is 36.7 Å². The molecule has 3 aromatic heterocycles. The molecule has 0 N–H and O–H groups in total. The van der Waals surface area contributed by atoms with Crippen LogP contribution < -0.4 is 4.74 Å². The molecule has 45 heavy (non-hydrogen) atoms. The van der Waals surface area contributed by atoms with Crippen molar-refractivity contribution in [1.82, 2.24) is 24.6 Å². The average molecular weight is 664 g/mol. The van der Waals surface area contributed by atoms with Crippen LogP contribution in [0.1, 0.15) is 26.3 Å². The van der Waals surface area contributed by atoms with Crippen molar-refractivity contribution in [1.29, 1.82) is 0 Å². The summed E-state index contributed by atoms with van der Waals surface area (Å²) >= 11 is 6.05. The first-order valence-corrected chi connectivity index (χ1v) is 18.4. The van der Waals surface area contributed by atoms with Crippen LogP contribution in [0.3, 0.4) is 0 Å². The number of hydrogen-bond donors (Lipinski definition) is 0. The van der Waals surface area contributed by atoms with E-state index >= 15 is 4.39 Å². The monoisotopic (exact) mass is 663 g/mol. The van der Waals surface area contributed by atoms with Gasteiger partial charge in [0, 0.05) is 39.9 Å². The third-order valence-corrected chi connectivity index (χ3v) is 8.46. The Labute approximate surface area is 266 Å². The molecule has 1 amide bonds. The van der Waals surface area contributed by atoms with Crippen molar-refractivity contribution in [2.24, 2.45) is 0 Å². The molecule has 0 aliphatic carbocycles. The van der Waals surface area contributed by atoms with Crippen molar-refractivity contribution in [3.8, 4) is 28.4 Å². The maximum absolute atomic E-state index is 15.8. The molecule has 0 aliphatic heterocycles. The summed E-state index contributed by atoms with van der Waals surface area (Å²) in [4.78, 5) is 22.5. The zero-order valence-corrected chi connectivity index (χ0v) is 28.1. The number of benzene rings is 1. The Morgan fingerprint density at radius 2 is 1.80 bits per heavy atom. The van der Waals surface area contributed by atoms with E-state index in [1.54, 1.807) is 43.7 Å². The Morgan fingerprint density at radius 1 is 1.09 bits per heavy atom. The molecule has 1 aromatic carbocycles. The van der Waals surface area contributed by atoms with Gasteiger partial charge in [-0.05, 0) is 62.7 Å². The first kappa shape index (κ1) is 34.2. The highest BCUT2D eigenvalue weighted by atomic mass is 35.5. The van der Waals surface area contributed by atoms with E-state index in [9.17, 15) is 13.6 Å². The molecule has 14 heteroatoms. The number of amides is 1. The lowest BCUT2D eigenvalue weighted by Crippen LogP contribution is -2.33. The third kappa shape index (κ3) is 9.18. The van der Waals surface area contributed by atoms with Crippen LogP contribution in [0.4, 0.5) is 18.0 Å². The number of halogens is 4. The van der Waals surface area contributed by atoms with Gasteiger partial charge in [-0.3, -0.25) is 9.97 Å². The lowest BCUT2D eigenvalue weighted by atomic mass is 10.0. The molecule has 0 saturated heterocycles. The Bertz CT molecular complexity index is 1660. The number of hydrogen-bond acceptors (Lipinski definition) is 7. The van der Waals surface area contributed by atoms with Crippen LogP contribution in [-0.4, -0.2) is 64.7 Å². The number of alkyl halides is 2. The quantitative estimate of drug-likeness (QED) is 0.118. The van der Waals surface area contributed by atoms with Crippen LogP contribution in [0.2, 0.25) is 30.7 Å². The second kappa shape index (κ2) is 13.8. The summed E-state index contributed by atoms with van der Waals surface area (Å²) in [7, 11) is 0.146. The summed E-state index contributed by atoms with van der Waals surface area (Å²) in [6.07, 6.45) is 2.31. The minimum Gasteiger partial charge on any atom is -0.444 e. The van der Waals surface area contributed by atoms with Gasteiger partial charge in [-0.15, -0.1) is 0 Å². The van der Waals surface area contributed by atoms with E-state index in [0.717, 1.165) is 12.1 Å². The van der Waals surface area contributed by atoms with Crippen LogP contribution in [0.15, 0.2) is 42.7 Å². The van der Waals surface area contributed by atoms with Gasteiger partial charge >= 0.3 is 12.7 Å². The molecule has 4 aromatic rings. The molecule has 242 valence electrons. The third-order valence-electron chi connectivity index (χ3n) is 6.53. The van der Waals surface area contributed by atoms with E-state index in [-0.39, 0.29) is 30.1 Å². The fourth-order valence-corrected chi connectivity index (χ4v) is 5.25. The van der Waals surface area contributed by atoms with Gasteiger partial charge in [-0.1, -0.05) is 31.2 Å². The number of fused-ring (bicyclic) bond motifs is 1. The zero-order valence-electron chi connectivity index (χ0n) is 26.3. The van der Waals surface area contributed by atoms with Gasteiger partial charge in [-0.2, -0.15) is 13.9 Å². The molecule has 3 heterocycles. The van der Waals surface area contributed by atoms with Crippen molar-refractivity contribution in [2.45, 2.75) is 71.9 Å². The summed E-state index contributed by atoms with van der Waals surface area (Å²) in [5.41, 5.74) is 0.760. The first-order valence-electron chi connectivity index (χ1n) is 14.3. The SMILES string of the molecule is CN(Cc1cc(F)c(-c2cc3c(-c4ccc(Cl)cn4)nn(COCC[Si](C)(C)C)c3cn2)c(OC(F)F)c1)C(=O)OC(C)(C)C. The highest BCUT2D eigenvalue weighted by Crippen LogP contribution is 2.37. The molecule has 9 nitrogen and oxygen atoms in total. The van der Waals surface area contributed by atoms with E-state index in [4.69, 9.17) is 30.9 Å². The molecule has 4 rings (SSSR count). The molecule has 0 bridgehead atoms. The molecule has 0 unspecified atom stereocenters. The van der Waals surface area contributed by atoms with E-state index < -0.39 is 37.9 Å². The minimum absolute atomic E-state index is 0.0390. The van der Waals surface area contributed by atoms with Gasteiger partial charge in [0.2, 0.25) is 0 Å². The normalized spacial score (nSPS) is 12.2. The first-order chi connectivity index (χ1) is 21.0. The average Bonchev–Trinajstić information content (AvgIpc) is 3.27. The molecule has 0 fully saturated rings.